The number of hydrogen-bond donors (Lipinski definition) is 1. The average molecular weight is 328 g/mol. The van der Waals surface area contributed by atoms with Gasteiger partial charge in [-0.3, -0.25) is 4.90 Å². The summed E-state index contributed by atoms with van der Waals surface area (Å²) in [7, 11) is 0. The van der Waals surface area contributed by atoms with Gasteiger partial charge in [-0.25, -0.2) is 9.37 Å². The minimum Gasteiger partial charge on any atom is -0.326 e. The predicted molar refractivity (Wildman–Crippen MR) is 93.8 cm³/mol. The van der Waals surface area contributed by atoms with Crippen molar-refractivity contribution >= 4 is 11.6 Å². The van der Waals surface area contributed by atoms with E-state index in [1.54, 1.807) is 12.1 Å². The highest BCUT2D eigenvalue weighted by atomic mass is 19.1. The number of nitrogens with zero attached hydrogens (tertiary/aromatic N) is 3. The summed E-state index contributed by atoms with van der Waals surface area (Å²) in [4.78, 5) is 7.11. The fourth-order valence-corrected chi connectivity index (χ4v) is 3.99. The van der Waals surface area contributed by atoms with Crippen LogP contribution in [0.25, 0.3) is 0 Å². The summed E-state index contributed by atoms with van der Waals surface area (Å²) >= 11 is 0. The molecule has 2 aliphatic rings. The first-order chi connectivity index (χ1) is 11.8. The molecule has 0 radical (unpaired) electrons. The van der Waals surface area contributed by atoms with Crippen LogP contribution in [0.3, 0.4) is 0 Å². The predicted octanol–water partition coefficient (Wildman–Crippen LogP) is 4.16. The lowest BCUT2D eigenvalue weighted by Crippen LogP contribution is -2.37. The third-order valence-corrected chi connectivity index (χ3v) is 5.31. The first-order valence-corrected chi connectivity index (χ1v) is 9.07. The number of halogens is 1. The van der Waals surface area contributed by atoms with Gasteiger partial charge in [0, 0.05) is 31.9 Å². The number of benzene rings is 1. The second-order valence-corrected chi connectivity index (χ2v) is 7.10. The zero-order valence-electron chi connectivity index (χ0n) is 14.0. The standard InChI is InChI=1S/C19H25FN4/c20-16-6-8-17(9-7-16)22-19-21-12-18-14-23(10-11-24(18)19)13-15-4-2-1-3-5-15/h6-9,12,15H,1-5,10-11,13-14H2,(H,21,22). The van der Waals surface area contributed by atoms with Crippen molar-refractivity contribution in [3.8, 4) is 0 Å². The SMILES string of the molecule is Fc1ccc(Nc2ncc3n2CCN(CC2CCCCC2)C3)cc1. The van der Waals surface area contributed by atoms with Crippen molar-refractivity contribution in [2.75, 3.05) is 18.4 Å². The fraction of sp³-hybridized carbons (Fsp3) is 0.526. The largest absolute Gasteiger partial charge is 0.326 e. The fourth-order valence-electron chi connectivity index (χ4n) is 3.99. The zero-order valence-corrected chi connectivity index (χ0v) is 14.0. The topological polar surface area (TPSA) is 33.1 Å². The molecule has 4 rings (SSSR count). The minimum absolute atomic E-state index is 0.218. The molecule has 2 heterocycles. The molecule has 1 aliphatic carbocycles. The number of nitrogens with one attached hydrogen (secondary N) is 1. The van der Waals surface area contributed by atoms with E-state index in [4.69, 9.17) is 0 Å². The zero-order chi connectivity index (χ0) is 16.4. The first-order valence-electron chi connectivity index (χ1n) is 9.07. The Bertz CT molecular complexity index is 673. The number of aromatic nitrogens is 2. The van der Waals surface area contributed by atoms with E-state index in [1.807, 2.05) is 6.20 Å². The van der Waals surface area contributed by atoms with Gasteiger partial charge < -0.3 is 9.88 Å². The van der Waals surface area contributed by atoms with E-state index in [1.165, 1.54) is 56.5 Å². The van der Waals surface area contributed by atoms with Gasteiger partial charge in [-0.1, -0.05) is 19.3 Å². The van der Waals surface area contributed by atoms with Crippen LogP contribution in [-0.4, -0.2) is 27.5 Å². The van der Waals surface area contributed by atoms with Gasteiger partial charge in [-0.2, -0.15) is 0 Å². The second-order valence-electron chi connectivity index (χ2n) is 7.10. The Morgan fingerprint density at radius 3 is 2.67 bits per heavy atom. The summed E-state index contributed by atoms with van der Waals surface area (Å²) in [6, 6.07) is 6.42. The van der Waals surface area contributed by atoms with Gasteiger partial charge in [0.2, 0.25) is 5.95 Å². The second kappa shape index (κ2) is 6.93. The molecule has 0 atom stereocenters. The Morgan fingerprint density at radius 2 is 1.88 bits per heavy atom. The van der Waals surface area contributed by atoms with Gasteiger partial charge >= 0.3 is 0 Å². The van der Waals surface area contributed by atoms with Gasteiger partial charge in [0.15, 0.2) is 0 Å². The van der Waals surface area contributed by atoms with E-state index in [0.717, 1.165) is 37.2 Å². The van der Waals surface area contributed by atoms with E-state index >= 15 is 0 Å². The molecule has 1 aromatic carbocycles. The van der Waals surface area contributed by atoms with Crippen molar-refractivity contribution in [2.24, 2.45) is 5.92 Å². The summed E-state index contributed by atoms with van der Waals surface area (Å²) in [5.41, 5.74) is 2.14. The quantitative estimate of drug-likeness (QED) is 0.915. The molecule has 1 saturated carbocycles. The van der Waals surface area contributed by atoms with Crippen molar-refractivity contribution in [3.63, 3.8) is 0 Å². The molecule has 0 amide bonds. The Hall–Kier alpha value is -1.88. The number of hydrogen-bond acceptors (Lipinski definition) is 3. The van der Waals surface area contributed by atoms with Crippen LogP contribution >= 0.6 is 0 Å². The molecule has 1 fully saturated rings. The Balaban J connectivity index is 1.40. The highest BCUT2D eigenvalue weighted by molar-refractivity contribution is 5.53. The third kappa shape index (κ3) is 3.46. The van der Waals surface area contributed by atoms with E-state index in [-0.39, 0.29) is 5.82 Å². The van der Waals surface area contributed by atoms with Crippen LogP contribution in [0.2, 0.25) is 0 Å². The third-order valence-electron chi connectivity index (χ3n) is 5.31. The lowest BCUT2D eigenvalue weighted by atomic mass is 9.89. The van der Waals surface area contributed by atoms with E-state index in [9.17, 15) is 4.39 Å². The van der Waals surface area contributed by atoms with Crippen molar-refractivity contribution in [1.82, 2.24) is 14.5 Å². The van der Waals surface area contributed by atoms with Gasteiger partial charge in [0.05, 0.1) is 11.9 Å². The Morgan fingerprint density at radius 1 is 1.08 bits per heavy atom. The molecule has 0 unspecified atom stereocenters. The summed E-state index contributed by atoms with van der Waals surface area (Å²) in [5, 5.41) is 3.30. The highest BCUT2D eigenvalue weighted by Gasteiger charge is 2.23. The molecule has 24 heavy (non-hydrogen) atoms. The molecule has 4 nitrogen and oxygen atoms in total. The highest BCUT2D eigenvalue weighted by Crippen LogP contribution is 2.27. The molecule has 2 aromatic rings. The van der Waals surface area contributed by atoms with Gasteiger partial charge in [0.25, 0.3) is 0 Å². The minimum atomic E-state index is -0.218. The van der Waals surface area contributed by atoms with Crippen molar-refractivity contribution in [1.29, 1.82) is 0 Å². The van der Waals surface area contributed by atoms with Gasteiger partial charge in [-0.05, 0) is 43.0 Å². The Kier molecular flexibility index (Phi) is 4.52. The summed E-state index contributed by atoms with van der Waals surface area (Å²) in [6.45, 7) is 4.25. The summed E-state index contributed by atoms with van der Waals surface area (Å²) in [5.74, 6) is 1.52. The maximum atomic E-state index is 13.0. The molecule has 0 bridgehead atoms. The molecular weight excluding hydrogens is 303 g/mol. The van der Waals surface area contributed by atoms with Crippen molar-refractivity contribution in [3.05, 3.63) is 42.0 Å². The average Bonchev–Trinajstić information content (AvgIpc) is 3.00. The van der Waals surface area contributed by atoms with Crippen molar-refractivity contribution < 1.29 is 4.39 Å². The van der Waals surface area contributed by atoms with Crippen LogP contribution in [0.1, 0.15) is 37.8 Å². The van der Waals surface area contributed by atoms with Crippen LogP contribution in [0.4, 0.5) is 16.0 Å². The molecule has 5 heteroatoms. The Labute approximate surface area is 142 Å². The number of rotatable bonds is 4. The van der Waals surface area contributed by atoms with E-state index in [0.29, 0.717) is 0 Å². The molecule has 1 aromatic heterocycles. The van der Waals surface area contributed by atoms with Crippen LogP contribution in [0.5, 0.6) is 0 Å². The summed E-state index contributed by atoms with van der Waals surface area (Å²) < 4.78 is 15.3. The lowest BCUT2D eigenvalue weighted by molar-refractivity contribution is 0.168. The molecule has 0 spiro atoms. The molecule has 1 aliphatic heterocycles. The summed E-state index contributed by atoms with van der Waals surface area (Å²) in [6.07, 6.45) is 8.99. The molecule has 1 N–H and O–H groups in total. The normalized spacial score (nSPS) is 19.2. The first kappa shape index (κ1) is 15.6. The molecule has 128 valence electrons. The maximum Gasteiger partial charge on any atom is 0.207 e. The number of anilines is 2. The van der Waals surface area contributed by atoms with Gasteiger partial charge in [0.1, 0.15) is 5.82 Å². The smallest absolute Gasteiger partial charge is 0.207 e. The number of imidazole rings is 1. The molecular formula is C19H25FN4. The maximum absolute atomic E-state index is 13.0. The van der Waals surface area contributed by atoms with Crippen LogP contribution < -0.4 is 5.32 Å². The van der Waals surface area contributed by atoms with Crippen molar-refractivity contribution in [2.45, 2.75) is 45.2 Å². The number of fused-ring (bicyclic) bond motifs is 1. The monoisotopic (exact) mass is 328 g/mol. The van der Waals surface area contributed by atoms with E-state index < -0.39 is 0 Å². The van der Waals surface area contributed by atoms with Gasteiger partial charge in [-0.15, -0.1) is 0 Å². The lowest BCUT2D eigenvalue weighted by Gasteiger charge is -2.33. The van der Waals surface area contributed by atoms with Crippen LogP contribution in [-0.2, 0) is 13.1 Å². The van der Waals surface area contributed by atoms with E-state index in [2.05, 4.69) is 19.8 Å². The molecule has 0 saturated heterocycles. The van der Waals surface area contributed by atoms with Crippen LogP contribution in [0, 0.1) is 11.7 Å². The van der Waals surface area contributed by atoms with Crippen LogP contribution in [0.15, 0.2) is 30.5 Å².